The van der Waals surface area contributed by atoms with Crippen molar-refractivity contribution in [3.8, 4) is 5.75 Å². The monoisotopic (exact) mass is 782 g/mol. The lowest BCUT2D eigenvalue weighted by Gasteiger charge is -2.58. The van der Waals surface area contributed by atoms with Crippen molar-refractivity contribution in [1.29, 1.82) is 0 Å². The number of fused-ring (bicyclic) bond motifs is 5. The molecule has 3 aromatic heterocycles. The van der Waals surface area contributed by atoms with Crippen LogP contribution in [0.5, 0.6) is 5.75 Å². The molecule has 1 amide bonds. The fourth-order valence-corrected chi connectivity index (χ4v) is 13.0. The molecule has 13 heteroatoms. The van der Waals surface area contributed by atoms with Crippen LogP contribution in [0.3, 0.4) is 0 Å². The van der Waals surface area contributed by atoms with Crippen LogP contribution in [0.15, 0.2) is 65.1 Å². The molecule has 290 valence electrons. The average Bonchev–Trinajstić information content (AvgIpc) is 3.80. The number of allylic oxidation sites excluding steroid dienone is 4. The zero-order valence-electron chi connectivity index (χ0n) is 31.6. The maximum atomic E-state index is 13.7. The summed E-state index contributed by atoms with van der Waals surface area (Å²) < 4.78 is 33.2. The van der Waals surface area contributed by atoms with Gasteiger partial charge < -0.3 is 24.5 Å². The summed E-state index contributed by atoms with van der Waals surface area (Å²) >= 11 is 0.863. The van der Waals surface area contributed by atoms with E-state index >= 15 is 0 Å². The summed E-state index contributed by atoms with van der Waals surface area (Å²) in [6.45, 7) is 6.96. The average molecular weight is 783 g/mol. The zero-order valence-corrected chi connectivity index (χ0v) is 33.2. The van der Waals surface area contributed by atoms with E-state index in [0.29, 0.717) is 11.9 Å². The molecule has 4 aromatic rings. The number of aryl methyl sites for hydroxylation is 1. The van der Waals surface area contributed by atoms with Gasteiger partial charge in [0.05, 0.1) is 34.1 Å². The number of nitrogens with zero attached hydrogens (tertiary/aromatic N) is 4. The van der Waals surface area contributed by atoms with Gasteiger partial charge in [-0.1, -0.05) is 47.8 Å². The summed E-state index contributed by atoms with van der Waals surface area (Å²) in [5, 5.41) is 17.8. The number of piperidine rings is 1. The Hall–Kier alpha value is -3.88. The standard InChI is InChI=1S/C42H50N6O5S2/c1-27-38(54-40(44-27)45-28(2)49)55(51,52)53-34-16-13-15-30-31-17-20-43-36(37(31)46-35(30)34)32-25-42(50)19-10-6-3-4-7-11-21-47-23-18-33(32)41(26-47)24-29-14-9-5-8-12-22-48(29)39(41)42/h3,6,9,13-17,20,25,29,33,39,46,50H,4-5,7-8,10-12,18-19,21-24,26H2,1-2H3,(H,44,45,49)/b6-3-,14-9-/t29-,33-,39+,41-,42-/m0/s1. The molecule has 0 saturated carbocycles. The first-order valence-electron chi connectivity index (χ1n) is 19.9. The maximum absolute atomic E-state index is 13.7. The molecular weight excluding hydrogens is 733 g/mol. The van der Waals surface area contributed by atoms with E-state index in [1.54, 1.807) is 19.1 Å². The predicted molar refractivity (Wildman–Crippen MR) is 217 cm³/mol. The number of carbonyl (C=O) groups excluding carboxylic acids is 1. The number of pyridine rings is 1. The van der Waals surface area contributed by atoms with Crippen molar-refractivity contribution in [3.63, 3.8) is 0 Å². The first kappa shape index (κ1) is 36.7. The molecule has 2 fully saturated rings. The fraction of sp³-hybridized carbons (Fsp3) is 0.500. The third kappa shape index (κ3) is 6.45. The Balaban J connectivity index is 1.18. The van der Waals surface area contributed by atoms with E-state index in [1.165, 1.54) is 26.2 Å². The Morgan fingerprint density at radius 2 is 1.84 bits per heavy atom. The van der Waals surface area contributed by atoms with Crippen molar-refractivity contribution in [1.82, 2.24) is 24.8 Å². The quantitative estimate of drug-likeness (QED) is 0.140. The molecule has 1 unspecified atom stereocenters. The number of carbonyl (C=O) groups is 1. The Bertz CT molecular complexity index is 2350. The van der Waals surface area contributed by atoms with Crippen LogP contribution in [0.1, 0.15) is 82.5 Å². The third-order valence-corrected chi connectivity index (χ3v) is 15.6. The first-order chi connectivity index (χ1) is 26.6. The Morgan fingerprint density at radius 1 is 1.04 bits per heavy atom. The molecule has 55 heavy (non-hydrogen) atoms. The third-order valence-electron chi connectivity index (χ3n) is 12.7. The second kappa shape index (κ2) is 14.3. The molecule has 5 aliphatic rings. The molecule has 1 aliphatic carbocycles. The highest BCUT2D eigenvalue weighted by atomic mass is 32.3. The van der Waals surface area contributed by atoms with E-state index in [4.69, 9.17) is 9.17 Å². The van der Waals surface area contributed by atoms with Gasteiger partial charge in [-0.05, 0) is 120 Å². The number of hydrogen-bond donors (Lipinski definition) is 3. The van der Waals surface area contributed by atoms with Crippen molar-refractivity contribution < 1.29 is 22.5 Å². The van der Waals surface area contributed by atoms with Gasteiger partial charge in [-0.2, -0.15) is 8.42 Å². The van der Waals surface area contributed by atoms with Gasteiger partial charge in [0.2, 0.25) is 5.91 Å². The summed E-state index contributed by atoms with van der Waals surface area (Å²) in [5.41, 5.74) is 2.26. The number of para-hydroxylation sites is 1. The lowest BCUT2D eigenvalue weighted by atomic mass is 9.54. The Kier molecular flexibility index (Phi) is 9.52. The van der Waals surface area contributed by atoms with Crippen molar-refractivity contribution in [2.75, 3.05) is 31.5 Å². The minimum atomic E-state index is -4.29. The molecule has 1 spiro atoms. The van der Waals surface area contributed by atoms with E-state index in [1.807, 2.05) is 18.3 Å². The minimum absolute atomic E-state index is 0.00746. The number of amides is 1. The number of H-pyrrole nitrogens is 1. The number of aromatic nitrogens is 3. The van der Waals surface area contributed by atoms with Crippen LogP contribution in [0.4, 0.5) is 5.13 Å². The number of benzene rings is 1. The van der Waals surface area contributed by atoms with Gasteiger partial charge in [0.15, 0.2) is 15.1 Å². The molecule has 3 bridgehead atoms. The lowest BCUT2D eigenvalue weighted by Crippen LogP contribution is -2.65. The van der Waals surface area contributed by atoms with Crippen molar-refractivity contribution in [2.24, 2.45) is 11.3 Å². The Labute approximate surface area is 326 Å². The van der Waals surface area contributed by atoms with Gasteiger partial charge in [0, 0.05) is 41.9 Å². The van der Waals surface area contributed by atoms with Crippen LogP contribution < -0.4 is 9.50 Å². The largest absolute Gasteiger partial charge is 0.384 e. The summed E-state index contributed by atoms with van der Waals surface area (Å²) in [6, 6.07) is 7.65. The minimum Gasteiger partial charge on any atom is -0.384 e. The van der Waals surface area contributed by atoms with Crippen LogP contribution in [0.25, 0.3) is 27.4 Å². The summed E-state index contributed by atoms with van der Waals surface area (Å²) in [7, 11) is -4.29. The van der Waals surface area contributed by atoms with Gasteiger partial charge in [-0.15, -0.1) is 0 Å². The van der Waals surface area contributed by atoms with Gasteiger partial charge >= 0.3 is 10.1 Å². The number of nitrogens with one attached hydrogen (secondary N) is 2. The number of rotatable bonds is 5. The normalized spacial score (nSPS) is 31.2. The van der Waals surface area contributed by atoms with E-state index in [-0.39, 0.29) is 50.1 Å². The number of hydrogen-bond acceptors (Lipinski definition) is 10. The smallest absolute Gasteiger partial charge is 0.350 e. The number of anilines is 1. The van der Waals surface area contributed by atoms with Crippen LogP contribution in [-0.2, 0) is 14.9 Å². The molecule has 9 rings (SSSR count). The van der Waals surface area contributed by atoms with E-state index in [9.17, 15) is 18.3 Å². The van der Waals surface area contributed by atoms with Crippen LogP contribution >= 0.6 is 11.3 Å². The van der Waals surface area contributed by atoms with Gasteiger partial charge in [-0.3, -0.25) is 14.7 Å². The van der Waals surface area contributed by atoms with Gasteiger partial charge in [-0.25, -0.2) is 4.98 Å². The molecule has 11 nitrogen and oxygen atoms in total. The summed E-state index contributed by atoms with van der Waals surface area (Å²) in [5.74, 6) is 0.0119. The highest BCUT2D eigenvalue weighted by Crippen LogP contribution is 2.62. The van der Waals surface area contributed by atoms with Crippen LogP contribution in [0.2, 0.25) is 0 Å². The molecule has 2 saturated heterocycles. The zero-order chi connectivity index (χ0) is 38.0. The predicted octanol–water partition coefficient (Wildman–Crippen LogP) is 7.35. The van der Waals surface area contributed by atoms with Crippen molar-refractivity contribution in [3.05, 3.63) is 72.2 Å². The summed E-state index contributed by atoms with van der Waals surface area (Å²) in [6.07, 6.45) is 23.7. The molecule has 6 atom stereocenters. The van der Waals surface area contributed by atoms with Crippen LogP contribution in [0, 0.1) is 18.3 Å². The molecule has 7 heterocycles. The van der Waals surface area contributed by atoms with Crippen molar-refractivity contribution >= 4 is 59.9 Å². The maximum Gasteiger partial charge on any atom is 0.350 e. The van der Waals surface area contributed by atoms with Crippen molar-refractivity contribution in [2.45, 2.75) is 99.9 Å². The molecular formula is C42H50N6O5S2. The van der Waals surface area contributed by atoms with Gasteiger partial charge in [0.1, 0.15) is 0 Å². The highest BCUT2D eigenvalue weighted by Gasteiger charge is 2.65. The molecule has 0 radical (unpaired) electrons. The van der Waals surface area contributed by atoms with E-state index in [2.05, 4.69) is 55.5 Å². The number of aliphatic hydroxyl groups is 1. The molecule has 1 aromatic carbocycles. The number of thiazole rings is 1. The lowest BCUT2D eigenvalue weighted by molar-refractivity contribution is -0.114. The number of aromatic amines is 1. The SMILES string of the molecule is CC(=O)Nc1nc(C)c(S(=O)(=O)Oc2cccc3c2[nH]c2c(C4=C[C@@]5(O)CC/C=C\CCCCN6CC[C@@H]4[C@]4(C[C@@H]7/C=C\CCCCN7[C@H]45)C6)nccc23)s1. The van der Waals surface area contributed by atoms with E-state index in [0.717, 1.165) is 104 Å². The molecule has 3 N–H and O–H groups in total. The van der Waals surface area contributed by atoms with Crippen LogP contribution in [-0.4, -0.2) is 88.0 Å². The highest BCUT2D eigenvalue weighted by molar-refractivity contribution is 7.89. The fourth-order valence-electron chi connectivity index (χ4n) is 10.7. The Morgan fingerprint density at radius 3 is 2.69 bits per heavy atom. The first-order valence-corrected chi connectivity index (χ1v) is 22.1. The summed E-state index contributed by atoms with van der Waals surface area (Å²) in [4.78, 5) is 29.9. The second-order valence-electron chi connectivity index (χ2n) is 16.3. The molecule has 4 aliphatic heterocycles. The topological polar surface area (TPSA) is 141 Å². The van der Waals surface area contributed by atoms with E-state index < -0.39 is 15.7 Å². The van der Waals surface area contributed by atoms with Gasteiger partial charge in [0.25, 0.3) is 0 Å². The second-order valence-corrected chi connectivity index (χ2v) is 19.0.